The predicted octanol–water partition coefficient (Wildman–Crippen LogP) is 15.8. The molecular weight excluding hydrogens is 1480 g/mol. The summed E-state index contributed by atoms with van der Waals surface area (Å²) in [6.07, 6.45) is -0.347. The molecule has 12 bridgehead atoms. The fourth-order valence-corrected chi connectivity index (χ4v) is 20.2. The maximum absolute atomic E-state index is 13.0. The maximum atomic E-state index is 13.0. The van der Waals surface area contributed by atoms with Gasteiger partial charge in [0.05, 0.1) is 64.5 Å². The minimum Gasteiger partial charge on any atom is -0.461 e. The largest absolute Gasteiger partial charge is 0.461 e. The summed E-state index contributed by atoms with van der Waals surface area (Å²) in [6.45, 7) is 42.7. The van der Waals surface area contributed by atoms with Gasteiger partial charge in [-0.05, 0) is 252 Å². The lowest BCUT2D eigenvalue weighted by molar-refractivity contribution is -0.262. The summed E-state index contributed by atoms with van der Waals surface area (Å²) in [5, 5.41) is 30.3. The van der Waals surface area contributed by atoms with E-state index in [2.05, 4.69) is 47.6 Å². The molecule has 0 aromatic heterocycles. The molecule has 10 aliphatic carbocycles. The molecule has 4 heterocycles. The predicted molar refractivity (Wildman–Crippen MR) is 400 cm³/mol. The Morgan fingerprint density at radius 1 is 0.566 bits per heavy atom. The molecule has 0 amide bonds. The van der Waals surface area contributed by atoms with Gasteiger partial charge in [0, 0.05) is 38.4 Å². The van der Waals surface area contributed by atoms with E-state index in [9.17, 15) is 65.3 Å². The topological polar surface area (TPSA) is 287 Å². The van der Waals surface area contributed by atoms with E-state index in [-0.39, 0.29) is 97.2 Å². The number of aliphatic hydroxyl groups is 2. The average Bonchev–Trinajstić information content (AvgIpc) is 1.69. The molecule has 113 heavy (non-hydrogen) atoms. The number of nitriles is 1. The summed E-state index contributed by atoms with van der Waals surface area (Å²) < 4.78 is 150. The SMILES string of the molecule is CCC(C)(C(=O)OC(C)(C)C)C(F)(F)F.CCC(C)(C(=O)OC1CC2CC1CC2C#N)C(F)(F)F.CCC(C)(C)C(=O)OC1C2CC3C(=O)OC1C3O2.CCC(C)(C)C(=O)OCC(=O)OC12CC3CC(O)(CC(O)(C3)C1)C2.CCC1(C)OC2C3CC(C(C)C3C)C2O1.CCOC(C)OC1C2CC(C(C)C2C)C1OC(C)OCC. The van der Waals surface area contributed by atoms with Crippen molar-refractivity contribution >= 4 is 35.8 Å². The van der Waals surface area contributed by atoms with Gasteiger partial charge in [0.2, 0.25) is 0 Å². The molecule has 0 radical (unpaired) electrons. The fourth-order valence-electron chi connectivity index (χ4n) is 20.2. The van der Waals surface area contributed by atoms with Crippen LogP contribution in [0.1, 0.15) is 268 Å². The smallest absolute Gasteiger partial charge is 0.404 e. The van der Waals surface area contributed by atoms with Gasteiger partial charge in [0.25, 0.3) is 0 Å². The van der Waals surface area contributed by atoms with Gasteiger partial charge in [-0.2, -0.15) is 31.6 Å². The molecule has 0 aromatic rings. The van der Waals surface area contributed by atoms with E-state index in [1.807, 2.05) is 55.4 Å². The summed E-state index contributed by atoms with van der Waals surface area (Å²) in [4.78, 5) is 71.1. The first-order valence-electron chi connectivity index (χ1n) is 41.9. The van der Waals surface area contributed by atoms with E-state index in [1.54, 1.807) is 13.8 Å². The lowest BCUT2D eigenvalue weighted by Crippen LogP contribution is -2.67. The van der Waals surface area contributed by atoms with Crippen LogP contribution in [0.5, 0.6) is 0 Å². The van der Waals surface area contributed by atoms with Crippen LogP contribution in [0.3, 0.4) is 0 Å². The van der Waals surface area contributed by atoms with Crippen LogP contribution in [-0.2, 0) is 90.3 Å². The van der Waals surface area contributed by atoms with Crippen molar-refractivity contribution < 1.29 is 127 Å². The van der Waals surface area contributed by atoms with Crippen molar-refractivity contribution in [2.24, 2.45) is 98.6 Å². The second-order valence-electron chi connectivity index (χ2n) is 38.2. The molecule has 14 rings (SSSR count). The zero-order chi connectivity index (χ0) is 84.9. The van der Waals surface area contributed by atoms with Crippen LogP contribution in [0.25, 0.3) is 0 Å². The standard InChI is InChI=1S/C18H28O6.C17H32O4.C14H18F3NO2.C13H18O5.C13H22O2.C10H17F3O2/c1-4-15(2,3)14(20)23-8-13(19)24-18-7-12-5-16(21,10-18)9-17(22,6-12)11-18;1-7-18-12(5)20-16-14-9-15(11(4)10(14)3)17(16)21-13(6)19-8-2;1-3-13(2,14(15,16)17)12(19)20-11-6-8-4-9(11)5-10(8)7-18;1-4-13(2,3)12(15)18-9-7-5-6-8(16-7)10(9)17-11(6)14;1-5-13(4)14-11-9-6-10(12(11)15-13)8(3)7(9)2;1-6-9(5,10(11,12)13)7(14)15-8(2,3)4/h12,21-22H,4-11H2,1-3H3;10-17H,7-9H2,1-6H3;8-11H,3-6H2,1-2H3;6-10H,4-5H2,1-3H3;7-12H,5-6H2,1-4H3;6H2,1-5H3. The van der Waals surface area contributed by atoms with Gasteiger partial charge in [0.15, 0.2) is 48.0 Å². The number of rotatable bonds is 22. The van der Waals surface area contributed by atoms with Crippen molar-refractivity contribution in [2.45, 2.75) is 376 Å². The van der Waals surface area contributed by atoms with Gasteiger partial charge < -0.3 is 71.8 Å². The molecule has 14 fully saturated rings. The van der Waals surface area contributed by atoms with E-state index in [0.29, 0.717) is 120 Å². The highest BCUT2D eigenvalue weighted by Crippen LogP contribution is 2.62. The Hall–Kier alpha value is -4.47. The van der Waals surface area contributed by atoms with E-state index in [0.717, 1.165) is 50.4 Å². The zero-order valence-corrected chi connectivity index (χ0v) is 71.4. The van der Waals surface area contributed by atoms with Crippen molar-refractivity contribution in [3.63, 3.8) is 0 Å². The molecule has 0 spiro atoms. The molecule has 4 saturated heterocycles. The molecule has 10 saturated carbocycles. The monoisotopic (exact) mass is 1620 g/mol. The third kappa shape index (κ3) is 20.4. The van der Waals surface area contributed by atoms with Crippen molar-refractivity contribution in [1.29, 1.82) is 5.26 Å². The second kappa shape index (κ2) is 35.5. The first-order valence-corrected chi connectivity index (χ1v) is 41.9. The van der Waals surface area contributed by atoms with Gasteiger partial charge >= 0.3 is 48.2 Å². The molecule has 27 unspecified atom stereocenters. The van der Waals surface area contributed by atoms with E-state index in [4.69, 9.17) is 66.8 Å². The van der Waals surface area contributed by atoms with Crippen LogP contribution in [0.15, 0.2) is 0 Å². The minimum absolute atomic E-state index is 0.0323. The molecule has 0 aromatic carbocycles. The van der Waals surface area contributed by atoms with Crippen molar-refractivity contribution in [3.8, 4) is 6.07 Å². The lowest BCUT2D eigenvalue weighted by Gasteiger charge is -2.62. The number of carbonyl (C=O) groups is 6. The molecule has 648 valence electrons. The van der Waals surface area contributed by atoms with Crippen LogP contribution in [-0.4, -0.2) is 174 Å². The minimum atomic E-state index is -4.61. The summed E-state index contributed by atoms with van der Waals surface area (Å²) in [5.41, 5.74) is -9.63. The number of hydrogen-bond acceptors (Lipinski definition) is 22. The quantitative estimate of drug-likeness (QED) is 0.0441. The van der Waals surface area contributed by atoms with E-state index < -0.39 is 105 Å². The second-order valence-corrected chi connectivity index (χ2v) is 38.2. The molecule has 4 aliphatic heterocycles. The number of nitrogens with zero attached hydrogens (tertiary/aromatic N) is 1. The number of carbonyl (C=O) groups excluding carboxylic acids is 6. The molecule has 28 heteroatoms. The summed E-state index contributed by atoms with van der Waals surface area (Å²) in [5.74, 6) is 1.70. The van der Waals surface area contributed by atoms with Gasteiger partial charge in [-0.1, -0.05) is 62.3 Å². The molecule has 2 N–H and O–H groups in total. The molecular formula is C85H135F6NO21. The zero-order valence-electron chi connectivity index (χ0n) is 71.4. The van der Waals surface area contributed by atoms with Crippen LogP contribution < -0.4 is 0 Å². The third-order valence-corrected chi connectivity index (χ3v) is 28.4. The third-order valence-electron chi connectivity index (χ3n) is 28.4. The summed E-state index contributed by atoms with van der Waals surface area (Å²) >= 11 is 0. The summed E-state index contributed by atoms with van der Waals surface area (Å²) in [7, 11) is 0. The lowest BCUT2D eigenvalue weighted by atomic mass is 9.50. The fraction of sp³-hybridized carbons (Fsp3) is 0.918. The van der Waals surface area contributed by atoms with Gasteiger partial charge in [-0.3, -0.25) is 24.0 Å². The van der Waals surface area contributed by atoms with Gasteiger partial charge in [-0.25, -0.2) is 4.79 Å². The number of alkyl halides is 6. The van der Waals surface area contributed by atoms with Crippen LogP contribution in [0.4, 0.5) is 26.3 Å². The average molecular weight is 1620 g/mol. The summed E-state index contributed by atoms with van der Waals surface area (Å²) in [6, 6.07) is 2.21. The Morgan fingerprint density at radius 2 is 1.04 bits per heavy atom. The first kappa shape index (κ1) is 94.0. The number of halogens is 6. The van der Waals surface area contributed by atoms with E-state index in [1.165, 1.54) is 47.5 Å². The Balaban J connectivity index is 0.000000171. The first-order chi connectivity index (χ1) is 52.1. The van der Waals surface area contributed by atoms with Crippen LogP contribution >= 0.6 is 0 Å². The highest BCUT2D eigenvalue weighted by Gasteiger charge is 2.68. The highest BCUT2D eigenvalue weighted by atomic mass is 19.4. The number of hydrogen-bond donors (Lipinski definition) is 2. The van der Waals surface area contributed by atoms with Crippen molar-refractivity contribution in [1.82, 2.24) is 0 Å². The Bertz CT molecular complexity index is 3270. The number of esters is 6. The molecule has 22 nitrogen and oxygen atoms in total. The van der Waals surface area contributed by atoms with E-state index >= 15 is 0 Å². The Kier molecular flexibility index (Phi) is 29.5. The van der Waals surface area contributed by atoms with Crippen molar-refractivity contribution in [2.75, 3.05) is 19.8 Å². The normalized spacial score (nSPS) is 39.6. The van der Waals surface area contributed by atoms with Crippen molar-refractivity contribution in [3.05, 3.63) is 0 Å². The molecule has 27 atom stereocenters. The van der Waals surface area contributed by atoms with Gasteiger partial charge in [0.1, 0.15) is 23.4 Å². The number of fused-ring (bicyclic) bond motifs is 10. The van der Waals surface area contributed by atoms with Crippen LogP contribution in [0, 0.1) is 110 Å². The highest BCUT2D eigenvalue weighted by molar-refractivity contribution is 5.81. The number of ether oxygens (including phenoxy) is 13. The maximum Gasteiger partial charge on any atom is 0.404 e. The Labute approximate surface area is 666 Å². The van der Waals surface area contributed by atoms with Gasteiger partial charge in [-0.15, -0.1) is 0 Å². The molecule has 14 aliphatic rings. The Morgan fingerprint density at radius 3 is 1.47 bits per heavy atom. The van der Waals surface area contributed by atoms with Crippen LogP contribution in [0.2, 0.25) is 0 Å².